The fourth-order valence-electron chi connectivity index (χ4n) is 3.36. The van der Waals surface area contributed by atoms with Crippen LogP contribution in [0.15, 0.2) is 36.9 Å². The summed E-state index contributed by atoms with van der Waals surface area (Å²) in [7, 11) is 0. The minimum Gasteiger partial charge on any atom is -0.391 e. The molecule has 4 rings (SSSR count). The van der Waals surface area contributed by atoms with E-state index in [9.17, 15) is 9.50 Å². The summed E-state index contributed by atoms with van der Waals surface area (Å²) in [5.74, 6) is 0.438. The second-order valence-electron chi connectivity index (χ2n) is 6.01. The van der Waals surface area contributed by atoms with Gasteiger partial charge in [-0.15, -0.1) is 0 Å². The fraction of sp³-hybridized carbons (Fsp3) is 0.353. The summed E-state index contributed by atoms with van der Waals surface area (Å²) in [4.78, 5) is 15.2. The number of anilines is 1. The molecule has 0 amide bonds. The van der Waals surface area contributed by atoms with E-state index in [-0.39, 0.29) is 11.9 Å². The maximum Gasteiger partial charge on any atom is 0.165 e. The Morgan fingerprint density at radius 1 is 1.21 bits per heavy atom. The molecule has 24 heavy (non-hydrogen) atoms. The average molecular weight is 327 g/mol. The third-order valence-electron chi connectivity index (χ3n) is 4.53. The molecule has 2 unspecified atom stereocenters. The Kier molecular flexibility index (Phi) is 3.65. The van der Waals surface area contributed by atoms with Crippen molar-refractivity contribution in [3.63, 3.8) is 0 Å². The van der Waals surface area contributed by atoms with Gasteiger partial charge in [0.25, 0.3) is 0 Å². The van der Waals surface area contributed by atoms with Crippen molar-refractivity contribution in [2.45, 2.75) is 32.0 Å². The molecule has 1 saturated heterocycles. The number of halogens is 1. The summed E-state index contributed by atoms with van der Waals surface area (Å²) in [6.45, 7) is 3.27. The minimum atomic E-state index is -0.460. The monoisotopic (exact) mass is 327 g/mol. The van der Waals surface area contributed by atoms with Crippen LogP contribution in [-0.4, -0.2) is 37.3 Å². The predicted molar refractivity (Wildman–Crippen MR) is 88.1 cm³/mol. The molecule has 2 atom stereocenters. The lowest BCUT2D eigenvalue weighted by Gasteiger charge is -2.25. The zero-order valence-corrected chi connectivity index (χ0v) is 13.3. The molecule has 2 aromatic heterocycles. The number of aliphatic hydroxyl groups excluding tert-OH is 1. The second kappa shape index (κ2) is 5.83. The van der Waals surface area contributed by atoms with Gasteiger partial charge in [0, 0.05) is 13.1 Å². The topological polar surface area (TPSA) is 67.1 Å². The number of nitrogens with zero attached hydrogens (tertiary/aromatic N) is 5. The maximum atomic E-state index is 13.2. The van der Waals surface area contributed by atoms with Crippen LogP contribution in [0.3, 0.4) is 0 Å². The van der Waals surface area contributed by atoms with Crippen molar-refractivity contribution in [3.05, 3.63) is 48.3 Å². The third kappa shape index (κ3) is 2.41. The number of rotatable bonds is 3. The van der Waals surface area contributed by atoms with E-state index in [0.29, 0.717) is 18.8 Å². The van der Waals surface area contributed by atoms with Crippen molar-refractivity contribution in [1.82, 2.24) is 19.5 Å². The number of hydrogen-bond donors (Lipinski definition) is 1. The molecular weight excluding hydrogens is 309 g/mol. The normalized spacial score (nSPS) is 20.9. The lowest BCUT2D eigenvalue weighted by molar-refractivity contribution is 0.194. The van der Waals surface area contributed by atoms with E-state index in [1.807, 2.05) is 16.4 Å². The van der Waals surface area contributed by atoms with Crippen molar-refractivity contribution < 1.29 is 9.50 Å². The molecule has 0 bridgehead atoms. The van der Waals surface area contributed by atoms with Gasteiger partial charge < -0.3 is 14.6 Å². The number of β-amino-alcohol motifs (C(OH)–C–C–N with tert-alkyl or cyclic N) is 1. The molecule has 6 nitrogen and oxygen atoms in total. The zero-order valence-electron chi connectivity index (χ0n) is 13.3. The summed E-state index contributed by atoms with van der Waals surface area (Å²) in [6, 6.07) is 6.34. The fourth-order valence-corrected chi connectivity index (χ4v) is 3.36. The molecule has 0 spiro atoms. The summed E-state index contributed by atoms with van der Waals surface area (Å²) in [5, 5.41) is 10.2. The van der Waals surface area contributed by atoms with Gasteiger partial charge in [-0.05, 0) is 31.0 Å². The Labute approximate surface area is 138 Å². The van der Waals surface area contributed by atoms with Crippen molar-refractivity contribution in [3.8, 4) is 0 Å². The largest absolute Gasteiger partial charge is 0.391 e. The van der Waals surface area contributed by atoms with Gasteiger partial charge in [0.15, 0.2) is 17.0 Å². The number of aromatic nitrogens is 4. The highest BCUT2D eigenvalue weighted by molar-refractivity contribution is 5.83. The van der Waals surface area contributed by atoms with E-state index in [1.54, 1.807) is 18.5 Å². The van der Waals surface area contributed by atoms with Gasteiger partial charge in [0.05, 0.1) is 18.5 Å². The lowest BCUT2D eigenvalue weighted by atomic mass is 10.0. The molecule has 1 aliphatic rings. The van der Waals surface area contributed by atoms with Gasteiger partial charge in [-0.3, -0.25) is 0 Å². The van der Waals surface area contributed by atoms with Crippen molar-refractivity contribution in [1.29, 1.82) is 0 Å². The first-order valence-electron chi connectivity index (χ1n) is 8.03. The van der Waals surface area contributed by atoms with Crippen molar-refractivity contribution in [2.24, 2.45) is 0 Å². The van der Waals surface area contributed by atoms with Crippen LogP contribution in [0, 0.1) is 5.82 Å². The van der Waals surface area contributed by atoms with Crippen LogP contribution in [0.5, 0.6) is 0 Å². The molecule has 1 fully saturated rings. The highest BCUT2D eigenvalue weighted by Gasteiger charge is 2.34. The Balaban J connectivity index is 1.79. The van der Waals surface area contributed by atoms with E-state index in [0.717, 1.165) is 23.3 Å². The van der Waals surface area contributed by atoms with Crippen molar-refractivity contribution in [2.75, 3.05) is 11.4 Å². The van der Waals surface area contributed by atoms with E-state index >= 15 is 0 Å². The van der Waals surface area contributed by atoms with Gasteiger partial charge in [-0.1, -0.05) is 12.1 Å². The standard InChI is InChI=1S/C17H18FN5O/c1-2-22-10-21-15-16(22)19-9-20-17(15)23-8-13(24)7-14(23)11-3-5-12(18)6-4-11/h3-6,9-10,13-14,24H,2,7-8H2,1H3. The van der Waals surface area contributed by atoms with Gasteiger partial charge in [-0.25, -0.2) is 19.3 Å². The number of aliphatic hydroxyl groups is 1. The van der Waals surface area contributed by atoms with Gasteiger partial charge in [-0.2, -0.15) is 0 Å². The first kappa shape index (κ1) is 15.0. The molecule has 0 radical (unpaired) electrons. The van der Waals surface area contributed by atoms with E-state index in [1.165, 1.54) is 18.5 Å². The van der Waals surface area contributed by atoms with Gasteiger partial charge in [0.1, 0.15) is 12.1 Å². The van der Waals surface area contributed by atoms with Crippen LogP contribution < -0.4 is 4.90 Å². The average Bonchev–Trinajstić information content (AvgIpc) is 3.18. The summed E-state index contributed by atoms with van der Waals surface area (Å²) >= 11 is 0. The van der Waals surface area contributed by atoms with Crippen LogP contribution in [0.4, 0.5) is 10.2 Å². The first-order valence-corrected chi connectivity index (χ1v) is 8.03. The molecule has 0 aliphatic carbocycles. The zero-order chi connectivity index (χ0) is 16.7. The van der Waals surface area contributed by atoms with Crippen LogP contribution in [0.25, 0.3) is 11.2 Å². The van der Waals surface area contributed by atoms with E-state index in [2.05, 4.69) is 15.0 Å². The molecule has 3 aromatic rings. The van der Waals surface area contributed by atoms with Crippen LogP contribution in [0.1, 0.15) is 24.9 Å². The lowest BCUT2D eigenvalue weighted by Crippen LogP contribution is -2.25. The molecule has 1 aromatic carbocycles. The van der Waals surface area contributed by atoms with Crippen LogP contribution in [0.2, 0.25) is 0 Å². The molecular formula is C17H18FN5O. The number of imidazole rings is 1. The first-order chi connectivity index (χ1) is 11.7. The quantitative estimate of drug-likeness (QED) is 0.799. The molecule has 1 aliphatic heterocycles. The smallest absolute Gasteiger partial charge is 0.165 e. The minimum absolute atomic E-state index is 0.0644. The summed E-state index contributed by atoms with van der Waals surface area (Å²) in [5.41, 5.74) is 2.46. The Hall–Kier alpha value is -2.54. The number of fused-ring (bicyclic) bond motifs is 1. The van der Waals surface area contributed by atoms with Crippen LogP contribution >= 0.6 is 0 Å². The van der Waals surface area contributed by atoms with E-state index < -0.39 is 6.10 Å². The van der Waals surface area contributed by atoms with Gasteiger partial charge in [0.2, 0.25) is 0 Å². The number of benzene rings is 1. The highest BCUT2D eigenvalue weighted by Crippen LogP contribution is 2.37. The molecule has 1 N–H and O–H groups in total. The summed E-state index contributed by atoms with van der Waals surface area (Å²) < 4.78 is 15.2. The Morgan fingerprint density at radius 2 is 2.00 bits per heavy atom. The SMILES string of the molecule is CCn1cnc2c(N3CC(O)CC3c3ccc(F)cc3)ncnc21. The maximum absolute atomic E-state index is 13.2. The Bertz CT molecular complexity index is 863. The number of hydrogen-bond acceptors (Lipinski definition) is 5. The van der Waals surface area contributed by atoms with Crippen LogP contribution in [-0.2, 0) is 6.54 Å². The van der Waals surface area contributed by atoms with Crippen molar-refractivity contribution >= 4 is 17.0 Å². The van der Waals surface area contributed by atoms with Gasteiger partial charge >= 0.3 is 0 Å². The molecule has 7 heteroatoms. The molecule has 0 saturated carbocycles. The number of aryl methyl sites for hydroxylation is 1. The summed E-state index contributed by atoms with van der Waals surface area (Å²) in [6.07, 6.45) is 3.39. The highest BCUT2D eigenvalue weighted by atomic mass is 19.1. The predicted octanol–water partition coefficient (Wildman–Crippen LogP) is 2.30. The third-order valence-corrected chi connectivity index (χ3v) is 4.53. The molecule has 3 heterocycles. The second-order valence-corrected chi connectivity index (χ2v) is 6.01. The Morgan fingerprint density at radius 3 is 2.75 bits per heavy atom. The molecule has 124 valence electrons. The van der Waals surface area contributed by atoms with E-state index in [4.69, 9.17) is 0 Å².